The fraction of sp³-hybridized carbons (Fsp3) is 0.588. The Morgan fingerprint density at radius 1 is 1.23 bits per heavy atom. The van der Waals surface area contributed by atoms with Gasteiger partial charge in [-0.05, 0) is 43.7 Å². The van der Waals surface area contributed by atoms with E-state index in [9.17, 15) is 13.2 Å². The SMILES string of the molecule is Cc1ccccc1[C@@H]1C[C@@H]1C(=O)N1CCS(=O)(=O)CC[C@H]1C. The number of benzene rings is 1. The third-order valence-electron chi connectivity index (χ3n) is 5.00. The van der Waals surface area contributed by atoms with Gasteiger partial charge in [-0.3, -0.25) is 4.79 Å². The number of rotatable bonds is 2. The number of hydrogen-bond acceptors (Lipinski definition) is 3. The van der Waals surface area contributed by atoms with Crippen LogP contribution in [0.4, 0.5) is 0 Å². The van der Waals surface area contributed by atoms with Crippen molar-refractivity contribution >= 4 is 15.7 Å². The molecule has 1 amide bonds. The number of carbonyl (C=O) groups is 1. The van der Waals surface area contributed by atoms with Crippen LogP contribution in [0.25, 0.3) is 0 Å². The summed E-state index contributed by atoms with van der Waals surface area (Å²) < 4.78 is 23.5. The van der Waals surface area contributed by atoms with Gasteiger partial charge in [0.05, 0.1) is 11.5 Å². The van der Waals surface area contributed by atoms with Crippen LogP contribution in [0.3, 0.4) is 0 Å². The van der Waals surface area contributed by atoms with E-state index >= 15 is 0 Å². The first-order chi connectivity index (χ1) is 10.4. The van der Waals surface area contributed by atoms with E-state index in [2.05, 4.69) is 19.1 Å². The van der Waals surface area contributed by atoms with Crippen molar-refractivity contribution in [1.29, 1.82) is 0 Å². The van der Waals surface area contributed by atoms with Gasteiger partial charge in [-0.25, -0.2) is 8.42 Å². The highest BCUT2D eigenvalue weighted by atomic mass is 32.2. The molecule has 1 aliphatic carbocycles. The monoisotopic (exact) mass is 321 g/mol. The first-order valence-electron chi connectivity index (χ1n) is 7.95. The normalized spacial score (nSPS) is 30.6. The molecule has 22 heavy (non-hydrogen) atoms. The molecule has 1 aliphatic heterocycles. The minimum absolute atomic E-state index is 0.0166. The zero-order valence-corrected chi connectivity index (χ0v) is 14.0. The van der Waals surface area contributed by atoms with E-state index in [0.717, 1.165) is 6.42 Å². The van der Waals surface area contributed by atoms with Crippen LogP contribution in [0.15, 0.2) is 24.3 Å². The van der Waals surface area contributed by atoms with Crippen molar-refractivity contribution in [2.45, 2.75) is 38.6 Å². The Morgan fingerprint density at radius 2 is 1.95 bits per heavy atom. The lowest BCUT2D eigenvalue weighted by Gasteiger charge is -2.27. The second-order valence-electron chi connectivity index (χ2n) is 6.63. The fourth-order valence-corrected chi connectivity index (χ4v) is 4.80. The van der Waals surface area contributed by atoms with Gasteiger partial charge in [0.15, 0.2) is 9.84 Å². The summed E-state index contributed by atoms with van der Waals surface area (Å²) >= 11 is 0. The van der Waals surface area contributed by atoms with Gasteiger partial charge in [0, 0.05) is 18.5 Å². The van der Waals surface area contributed by atoms with E-state index in [1.807, 2.05) is 19.1 Å². The number of nitrogens with zero attached hydrogens (tertiary/aromatic N) is 1. The molecule has 0 bridgehead atoms. The van der Waals surface area contributed by atoms with Crippen molar-refractivity contribution < 1.29 is 13.2 Å². The lowest BCUT2D eigenvalue weighted by atomic mass is 10.0. The van der Waals surface area contributed by atoms with Crippen LogP contribution in [0, 0.1) is 12.8 Å². The fourth-order valence-electron chi connectivity index (χ4n) is 3.42. The van der Waals surface area contributed by atoms with Crippen molar-refractivity contribution in [3.63, 3.8) is 0 Å². The maximum absolute atomic E-state index is 12.8. The van der Waals surface area contributed by atoms with Gasteiger partial charge in [0.1, 0.15) is 0 Å². The van der Waals surface area contributed by atoms with Crippen LogP contribution in [0.1, 0.15) is 36.8 Å². The molecule has 0 N–H and O–H groups in total. The van der Waals surface area contributed by atoms with E-state index in [0.29, 0.717) is 18.9 Å². The highest BCUT2D eigenvalue weighted by molar-refractivity contribution is 7.91. The van der Waals surface area contributed by atoms with Crippen LogP contribution in [-0.4, -0.2) is 43.3 Å². The molecular formula is C17H23NO3S. The van der Waals surface area contributed by atoms with Gasteiger partial charge >= 0.3 is 0 Å². The van der Waals surface area contributed by atoms with Crippen molar-refractivity contribution in [2.24, 2.45) is 5.92 Å². The van der Waals surface area contributed by atoms with Crippen LogP contribution in [0.2, 0.25) is 0 Å². The Balaban J connectivity index is 1.72. The second kappa shape index (κ2) is 5.69. The van der Waals surface area contributed by atoms with E-state index < -0.39 is 9.84 Å². The average molecular weight is 321 g/mol. The van der Waals surface area contributed by atoms with E-state index in [1.54, 1.807) is 4.90 Å². The number of hydrogen-bond donors (Lipinski definition) is 0. The lowest BCUT2D eigenvalue weighted by molar-refractivity contribution is -0.134. The first-order valence-corrected chi connectivity index (χ1v) is 9.77. The van der Waals surface area contributed by atoms with Crippen LogP contribution in [0.5, 0.6) is 0 Å². The molecule has 1 aromatic carbocycles. The van der Waals surface area contributed by atoms with E-state index in [-0.39, 0.29) is 29.4 Å². The Labute approximate surface area is 132 Å². The highest BCUT2D eigenvalue weighted by Crippen LogP contribution is 2.49. The summed E-state index contributed by atoms with van der Waals surface area (Å²) in [6.45, 7) is 4.39. The highest BCUT2D eigenvalue weighted by Gasteiger charge is 2.47. The second-order valence-corrected chi connectivity index (χ2v) is 8.93. The molecule has 4 nitrogen and oxygen atoms in total. The molecule has 1 saturated heterocycles. The van der Waals surface area contributed by atoms with E-state index in [1.165, 1.54) is 11.1 Å². The summed E-state index contributed by atoms with van der Waals surface area (Å²) in [5, 5.41) is 0. The Kier molecular flexibility index (Phi) is 4.02. The van der Waals surface area contributed by atoms with Crippen molar-refractivity contribution in [1.82, 2.24) is 4.90 Å². The number of carbonyl (C=O) groups excluding carboxylic acids is 1. The van der Waals surface area contributed by atoms with Gasteiger partial charge in [-0.2, -0.15) is 0 Å². The van der Waals surface area contributed by atoms with Crippen molar-refractivity contribution in [3.05, 3.63) is 35.4 Å². The lowest BCUT2D eigenvalue weighted by Crippen LogP contribution is -2.40. The number of amides is 1. The van der Waals surface area contributed by atoms with Crippen LogP contribution in [-0.2, 0) is 14.6 Å². The Bertz CT molecular complexity index is 683. The predicted octanol–water partition coefficient (Wildman–Crippen LogP) is 2.13. The molecule has 0 unspecified atom stereocenters. The standard InChI is InChI=1S/C17H23NO3S/c1-12-5-3-4-6-14(12)15-11-16(15)17(19)18-8-10-22(20,21)9-7-13(18)2/h3-6,13,15-16H,7-11H2,1-2H3/t13-,15+,16+/m1/s1. The van der Waals surface area contributed by atoms with Gasteiger partial charge in [-0.1, -0.05) is 24.3 Å². The molecule has 0 spiro atoms. The molecule has 120 valence electrons. The summed E-state index contributed by atoms with van der Waals surface area (Å²) in [4.78, 5) is 14.6. The van der Waals surface area contributed by atoms with Gasteiger partial charge in [0.2, 0.25) is 5.91 Å². The molecular weight excluding hydrogens is 298 g/mol. The first kappa shape index (κ1) is 15.5. The maximum Gasteiger partial charge on any atom is 0.226 e. The number of aryl methyl sites for hydroxylation is 1. The summed E-state index contributed by atoms with van der Waals surface area (Å²) in [6.07, 6.45) is 1.44. The quantitative estimate of drug-likeness (QED) is 0.838. The Morgan fingerprint density at radius 3 is 2.68 bits per heavy atom. The molecule has 0 radical (unpaired) electrons. The smallest absolute Gasteiger partial charge is 0.226 e. The molecule has 1 heterocycles. The Hall–Kier alpha value is -1.36. The summed E-state index contributed by atoms with van der Waals surface area (Å²) in [7, 11) is -2.99. The third kappa shape index (κ3) is 3.05. The molecule has 2 fully saturated rings. The van der Waals surface area contributed by atoms with Crippen molar-refractivity contribution in [3.8, 4) is 0 Å². The minimum atomic E-state index is -2.99. The van der Waals surface area contributed by atoms with Crippen molar-refractivity contribution in [2.75, 3.05) is 18.1 Å². The average Bonchev–Trinajstić information content (AvgIpc) is 3.26. The third-order valence-corrected chi connectivity index (χ3v) is 6.66. The largest absolute Gasteiger partial charge is 0.339 e. The minimum Gasteiger partial charge on any atom is -0.339 e. The van der Waals surface area contributed by atoms with Crippen LogP contribution < -0.4 is 0 Å². The van der Waals surface area contributed by atoms with Gasteiger partial charge in [-0.15, -0.1) is 0 Å². The molecule has 3 rings (SSSR count). The molecule has 5 heteroatoms. The summed E-state index contributed by atoms with van der Waals surface area (Å²) in [5.41, 5.74) is 2.49. The van der Waals surface area contributed by atoms with Gasteiger partial charge in [0.25, 0.3) is 0 Å². The van der Waals surface area contributed by atoms with E-state index in [4.69, 9.17) is 0 Å². The van der Waals surface area contributed by atoms with Crippen LogP contribution >= 0.6 is 0 Å². The molecule has 1 saturated carbocycles. The summed E-state index contributed by atoms with van der Waals surface area (Å²) in [5.74, 6) is 0.775. The number of sulfone groups is 1. The zero-order valence-electron chi connectivity index (χ0n) is 13.2. The summed E-state index contributed by atoms with van der Waals surface area (Å²) in [6, 6.07) is 8.23. The topological polar surface area (TPSA) is 54.5 Å². The molecule has 0 aromatic heterocycles. The molecule has 2 aliphatic rings. The van der Waals surface area contributed by atoms with Gasteiger partial charge < -0.3 is 4.90 Å². The molecule has 1 aromatic rings. The predicted molar refractivity (Wildman–Crippen MR) is 86.5 cm³/mol. The zero-order chi connectivity index (χ0) is 15.9. The molecule has 3 atom stereocenters. The maximum atomic E-state index is 12.8.